The fourth-order valence-electron chi connectivity index (χ4n) is 3.53. The fourth-order valence-corrected chi connectivity index (χ4v) is 3.53. The van der Waals surface area contributed by atoms with Crippen LogP contribution in [0.25, 0.3) is 0 Å². The monoisotopic (exact) mass is 488 g/mol. The average molecular weight is 489 g/mol. The maximum atomic E-state index is 8.71. The Morgan fingerprint density at radius 2 is 1.28 bits per heavy atom. The summed E-state index contributed by atoms with van der Waals surface area (Å²) >= 11 is 0. The van der Waals surface area contributed by atoms with E-state index < -0.39 is 5.60 Å². The van der Waals surface area contributed by atoms with Crippen LogP contribution in [0.2, 0.25) is 0 Å². The van der Waals surface area contributed by atoms with Crippen molar-refractivity contribution in [3.8, 4) is 0 Å². The smallest absolute Gasteiger partial charge is 0.0769 e. The lowest BCUT2D eigenvalue weighted by Gasteiger charge is -2.17. The predicted molar refractivity (Wildman–Crippen MR) is 161 cm³/mol. The summed E-state index contributed by atoms with van der Waals surface area (Å²) in [7, 11) is 0. The zero-order valence-electron chi connectivity index (χ0n) is 23.4. The van der Waals surface area contributed by atoms with E-state index in [4.69, 9.17) is 11.7 Å². The van der Waals surface area contributed by atoms with E-state index in [1.54, 1.807) is 19.9 Å². The number of hydrogen-bond acceptors (Lipinski definition) is 1. The van der Waals surface area contributed by atoms with Crippen molar-refractivity contribution in [2.45, 2.75) is 103 Å². The van der Waals surface area contributed by atoms with Crippen molar-refractivity contribution >= 4 is 0 Å². The molecule has 0 heterocycles. The maximum Gasteiger partial charge on any atom is 0.0769 e. The van der Waals surface area contributed by atoms with Gasteiger partial charge in [-0.15, -0.1) is 6.58 Å². The summed E-state index contributed by atoms with van der Waals surface area (Å²) in [4.78, 5) is 0. The second kappa shape index (κ2) is 23.0. The van der Waals surface area contributed by atoms with Gasteiger partial charge in [-0.05, 0) is 57.1 Å². The lowest BCUT2D eigenvalue weighted by molar-refractivity contribution is 0.133. The predicted octanol–water partition coefficient (Wildman–Crippen LogP) is 10.4. The van der Waals surface area contributed by atoms with Gasteiger partial charge >= 0.3 is 0 Å². The first-order chi connectivity index (χ1) is 17.4. The molecule has 2 radical (unpaired) electrons. The zero-order chi connectivity index (χ0) is 26.9. The van der Waals surface area contributed by atoms with Crippen molar-refractivity contribution in [1.29, 1.82) is 0 Å². The van der Waals surface area contributed by atoms with Gasteiger partial charge in [0.15, 0.2) is 0 Å². The molecule has 198 valence electrons. The molecule has 0 aliphatic rings. The molecule has 0 aromatic heterocycles. The normalized spacial score (nSPS) is 10.8. The van der Waals surface area contributed by atoms with Gasteiger partial charge in [-0.1, -0.05) is 144 Å². The van der Waals surface area contributed by atoms with Gasteiger partial charge in [-0.3, -0.25) is 0 Å². The van der Waals surface area contributed by atoms with Gasteiger partial charge in [0, 0.05) is 5.92 Å². The molecular weight excluding hydrogens is 436 g/mol. The van der Waals surface area contributed by atoms with Crippen LogP contribution in [0.3, 0.4) is 0 Å². The number of allylic oxidation sites excluding steroid dienone is 3. The molecule has 0 fully saturated rings. The molecule has 0 saturated carbocycles. The van der Waals surface area contributed by atoms with Crippen LogP contribution in [0.15, 0.2) is 91.5 Å². The topological polar surface area (TPSA) is 20.2 Å². The third kappa shape index (κ3) is 19.9. The molecule has 1 nitrogen and oxygen atoms in total. The highest BCUT2D eigenvalue weighted by Gasteiger charge is 2.12. The second-order valence-electron chi connectivity index (χ2n) is 9.71. The van der Waals surface area contributed by atoms with Crippen LogP contribution >= 0.6 is 0 Å². The molecule has 0 bridgehead atoms. The molecule has 0 spiro atoms. The highest BCUT2D eigenvalue weighted by atomic mass is 16.3. The van der Waals surface area contributed by atoms with E-state index in [0.29, 0.717) is 5.92 Å². The van der Waals surface area contributed by atoms with Crippen LogP contribution < -0.4 is 0 Å². The van der Waals surface area contributed by atoms with Crippen molar-refractivity contribution < 1.29 is 5.11 Å². The summed E-state index contributed by atoms with van der Waals surface area (Å²) < 4.78 is 0. The van der Waals surface area contributed by atoms with Crippen LogP contribution in [0.4, 0.5) is 0 Å². The summed E-state index contributed by atoms with van der Waals surface area (Å²) in [6.07, 6.45) is 21.4. The van der Waals surface area contributed by atoms with E-state index in [-0.39, 0.29) is 0 Å². The minimum absolute atomic E-state index is 0.503. The van der Waals surface area contributed by atoms with E-state index >= 15 is 0 Å². The van der Waals surface area contributed by atoms with E-state index in [1.165, 1.54) is 68.6 Å². The summed E-state index contributed by atoms with van der Waals surface area (Å²) in [5, 5.41) is 8.71. The number of rotatable bonds is 15. The molecular formula is C35H52O. The fraction of sp³-hybridized carbons (Fsp3) is 0.457. The Bertz CT molecular complexity index is 728. The molecule has 36 heavy (non-hydrogen) atoms. The first kappa shape index (κ1) is 33.6. The Morgan fingerprint density at radius 3 is 1.72 bits per heavy atom. The Balaban J connectivity index is 0.000000639. The summed E-state index contributed by atoms with van der Waals surface area (Å²) in [5.41, 5.74) is 2.14. The Morgan fingerprint density at radius 1 is 0.806 bits per heavy atom. The first-order valence-corrected chi connectivity index (χ1v) is 13.8. The van der Waals surface area contributed by atoms with Crippen molar-refractivity contribution in [2.75, 3.05) is 0 Å². The SMILES string of the molecule is C=CC(C)(C)O.CCC/C=C/CCC(c1ccccc1)c1ccccc1.[CH]=CCCCCCCC[CH2]. The van der Waals surface area contributed by atoms with Gasteiger partial charge in [0.1, 0.15) is 0 Å². The highest BCUT2D eigenvalue weighted by molar-refractivity contribution is 5.32. The minimum Gasteiger partial charge on any atom is -0.386 e. The molecule has 2 aromatic rings. The van der Waals surface area contributed by atoms with E-state index in [0.717, 1.165) is 19.3 Å². The Kier molecular flexibility index (Phi) is 21.5. The number of hydrogen-bond donors (Lipinski definition) is 1. The van der Waals surface area contributed by atoms with Gasteiger partial charge in [0.25, 0.3) is 0 Å². The highest BCUT2D eigenvalue weighted by Crippen LogP contribution is 2.29. The average Bonchev–Trinajstić information content (AvgIpc) is 2.90. The van der Waals surface area contributed by atoms with Crippen LogP contribution in [0, 0.1) is 13.5 Å². The van der Waals surface area contributed by atoms with Crippen molar-refractivity contribution in [2.24, 2.45) is 0 Å². The molecule has 0 saturated heterocycles. The maximum absolute atomic E-state index is 8.71. The quantitative estimate of drug-likeness (QED) is 0.195. The summed E-state index contributed by atoms with van der Waals surface area (Å²) in [6, 6.07) is 21.7. The molecule has 1 heteroatoms. The summed E-state index contributed by atoms with van der Waals surface area (Å²) in [5.74, 6) is 0.503. The van der Waals surface area contributed by atoms with Crippen LogP contribution in [0.5, 0.6) is 0 Å². The Labute approximate surface area is 224 Å². The van der Waals surface area contributed by atoms with Crippen molar-refractivity contribution in [3.63, 3.8) is 0 Å². The van der Waals surface area contributed by atoms with Crippen molar-refractivity contribution in [1.82, 2.24) is 0 Å². The third-order valence-corrected chi connectivity index (χ3v) is 5.77. The van der Waals surface area contributed by atoms with Crippen molar-refractivity contribution in [3.05, 3.63) is 116 Å². The number of benzene rings is 2. The van der Waals surface area contributed by atoms with Crippen LogP contribution in [-0.4, -0.2) is 10.7 Å². The van der Waals surface area contributed by atoms with Gasteiger partial charge in [0.2, 0.25) is 0 Å². The van der Waals surface area contributed by atoms with Gasteiger partial charge in [-0.25, -0.2) is 0 Å². The minimum atomic E-state index is -0.694. The zero-order valence-corrected chi connectivity index (χ0v) is 23.4. The van der Waals surface area contributed by atoms with Gasteiger partial charge in [-0.2, -0.15) is 0 Å². The lowest BCUT2D eigenvalue weighted by atomic mass is 9.87. The van der Waals surface area contributed by atoms with E-state index in [9.17, 15) is 0 Å². The standard InChI is InChI=1S/C20H24.C10H18.C5H10O/c1-2-3-4-5-12-17-20(18-13-8-6-9-14-18)19-15-10-7-11-16-19;1-3-5-7-9-10-8-6-4-2;1-4-5(2,3)6/h4-11,13-16,20H,2-3,12,17H2,1H3;1,3H,2,4-10H2;4,6H,1H2,2-3H3/b5-4+;;. The molecule has 1 N–H and O–H groups in total. The second-order valence-corrected chi connectivity index (χ2v) is 9.71. The number of unbranched alkanes of at least 4 members (excludes halogenated alkanes) is 7. The van der Waals surface area contributed by atoms with Gasteiger partial charge in [0.05, 0.1) is 5.60 Å². The van der Waals surface area contributed by atoms with E-state index in [1.807, 2.05) is 0 Å². The lowest BCUT2D eigenvalue weighted by Crippen LogP contribution is -2.12. The van der Waals surface area contributed by atoms with Crippen LogP contribution in [0.1, 0.15) is 108 Å². The molecule has 0 unspecified atom stereocenters. The molecule has 0 aliphatic carbocycles. The summed E-state index contributed by atoms with van der Waals surface area (Å²) in [6.45, 7) is 18.0. The molecule has 0 amide bonds. The largest absolute Gasteiger partial charge is 0.386 e. The Hall–Kier alpha value is -2.38. The first-order valence-electron chi connectivity index (χ1n) is 13.8. The number of aliphatic hydroxyl groups is 1. The van der Waals surface area contributed by atoms with E-state index in [2.05, 4.69) is 93.2 Å². The molecule has 0 atom stereocenters. The third-order valence-electron chi connectivity index (χ3n) is 5.77. The van der Waals surface area contributed by atoms with Crippen LogP contribution in [-0.2, 0) is 0 Å². The molecule has 2 aromatic carbocycles. The van der Waals surface area contributed by atoms with Gasteiger partial charge < -0.3 is 5.11 Å². The molecule has 2 rings (SSSR count). The molecule has 0 aliphatic heterocycles.